The van der Waals surface area contributed by atoms with Gasteiger partial charge in [-0.3, -0.25) is 4.98 Å². The minimum atomic E-state index is 0.227. The highest BCUT2D eigenvalue weighted by Gasteiger charge is 2.16. The fourth-order valence-electron chi connectivity index (χ4n) is 1.88. The van der Waals surface area contributed by atoms with E-state index in [1.165, 1.54) is 5.56 Å². The van der Waals surface area contributed by atoms with E-state index >= 15 is 0 Å². The van der Waals surface area contributed by atoms with E-state index in [-0.39, 0.29) is 12.6 Å². The standard InChI is InChI=1S/C13H22N2O/c1-11(2)13(10-16)15(3)9-6-12-4-7-14-8-5-12/h4-5,7-8,11,13,16H,6,9-10H2,1-3H3. The zero-order valence-electron chi connectivity index (χ0n) is 10.4. The molecule has 1 N–H and O–H groups in total. The molecule has 0 aliphatic carbocycles. The molecule has 0 amide bonds. The summed E-state index contributed by atoms with van der Waals surface area (Å²) in [4.78, 5) is 6.23. The highest BCUT2D eigenvalue weighted by molar-refractivity contribution is 5.09. The van der Waals surface area contributed by atoms with Crippen molar-refractivity contribution < 1.29 is 5.11 Å². The van der Waals surface area contributed by atoms with Crippen LogP contribution in [0.15, 0.2) is 24.5 Å². The number of hydrogen-bond donors (Lipinski definition) is 1. The summed E-state index contributed by atoms with van der Waals surface area (Å²) in [5.41, 5.74) is 1.29. The monoisotopic (exact) mass is 222 g/mol. The minimum Gasteiger partial charge on any atom is -0.395 e. The Morgan fingerprint density at radius 3 is 2.44 bits per heavy atom. The third-order valence-electron chi connectivity index (χ3n) is 3.03. The van der Waals surface area contributed by atoms with Gasteiger partial charge in [0.25, 0.3) is 0 Å². The topological polar surface area (TPSA) is 36.4 Å². The van der Waals surface area contributed by atoms with Crippen molar-refractivity contribution in [2.45, 2.75) is 26.3 Å². The second kappa shape index (κ2) is 6.61. The first-order valence-electron chi connectivity index (χ1n) is 5.85. The van der Waals surface area contributed by atoms with E-state index in [1.54, 1.807) is 0 Å². The number of rotatable bonds is 6. The Kier molecular flexibility index (Phi) is 5.43. The predicted octanol–water partition coefficient (Wildman–Crippen LogP) is 1.57. The first kappa shape index (κ1) is 13.1. The van der Waals surface area contributed by atoms with Crippen LogP contribution in [0.25, 0.3) is 0 Å². The molecule has 0 saturated heterocycles. The average molecular weight is 222 g/mol. The Labute approximate surface area is 98.1 Å². The smallest absolute Gasteiger partial charge is 0.0589 e. The SMILES string of the molecule is CC(C)C(CO)N(C)CCc1ccncc1. The fraction of sp³-hybridized carbons (Fsp3) is 0.615. The van der Waals surface area contributed by atoms with Gasteiger partial charge in [0, 0.05) is 25.0 Å². The summed E-state index contributed by atoms with van der Waals surface area (Å²) in [6.45, 7) is 5.48. The molecule has 0 bridgehead atoms. The summed E-state index contributed by atoms with van der Waals surface area (Å²) in [6.07, 6.45) is 4.64. The summed E-state index contributed by atoms with van der Waals surface area (Å²) < 4.78 is 0. The average Bonchev–Trinajstić information content (AvgIpc) is 2.28. The molecule has 16 heavy (non-hydrogen) atoms. The van der Waals surface area contributed by atoms with E-state index in [9.17, 15) is 5.11 Å². The number of pyridine rings is 1. The summed E-state index contributed by atoms with van der Waals surface area (Å²) in [5, 5.41) is 9.31. The van der Waals surface area contributed by atoms with Crippen LogP contribution < -0.4 is 0 Å². The van der Waals surface area contributed by atoms with Crippen molar-refractivity contribution in [2.75, 3.05) is 20.2 Å². The third kappa shape index (κ3) is 3.91. The van der Waals surface area contributed by atoms with E-state index < -0.39 is 0 Å². The molecule has 0 saturated carbocycles. The molecule has 0 radical (unpaired) electrons. The van der Waals surface area contributed by atoms with E-state index in [0.717, 1.165) is 13.0 Å². The van der Waals surface area contributed by atoms with Gasteiger partial charge in [0.15, 0.2) is 0 Å². The number of aliphatic hydroxyl groups is 1. The second-order valence-corrected chi connectivity index (χ2v) is 4.58. The summed E-state index contributed by atoms with van der Waals surface area (Å²) in [6, 6.07) is 4.33. The Balaban J connectivity index is 2.43. The van der Waals surface area contributed by atoms with Crippen LogP contribution in [0, 0.1) is 5.92 Å². The first-order valence-corrected chi connectivity index (χ1v) is 5.85. The molecule has 90 valence electrons. The lowest BCUT2D eigenvalue weighted by atomic mass is 10.0. The van der Waals surface area contributed by atoms with Gasteiger partial charge >= 0.3 is 0 Å². The summed E-state index contributed by atoms with van der Waals surface area (Å²) in [5.74, 6) is 0.479. The minimum absolute atomic E-state index is 0.227. The number of hydrogen-bond acceptors (Lipinski definition) is 3. The molecule has 1 rings (SSSR count). The van der Waals surface area contributed by atoms with Crippen molar-refractivity contribution in [3.63, 3.8) is 0 Å². The molecule has 0 aliphatic heterocycles. The number of likely N-dealkylation sites (N-methyl/N-ethyl adjacent to an activating group) is 1. The molecule has 0 fully saturated rings. The molecule has 1 aromatic heterocycles. The molecular weight excluding hydrogens is 200 g/mol. The van der Waals surface area contributed by atoms with Crippen molar-refractivity contribution in [1.29, 1.82) is 0 Å². The largest absolute Gasteiger partial charge is 0.395 e. The van der Waals surface area contributed by atoms with Crippen LogP contribution in [-0.2, 0) is 6.42 Å². The molecule has 1 unspecified atom stereocenters. The van der Waals surface area contributed by atoms with Crippen LogP contribution in [0.1, 0.15) is 19.4 Å². The molecule has 0 aliphatic rings. The van der Waals surface area contributed by atoms with Gasteiger partial charge in [0.1, 0.15) is 0 Å². The van der Waals surface area contributed by atoms with Gasteiger partial charge in [-0.05, 0) is 37.1 Å². The maximum absolute atomic E-state index is 9.31. The number of aromatic nitrogens is 1. The van der Waals surface area contributed by atoms with Gasteiger partial charge in [-0.15, -0.1) is 0 Å². The molecule has 1 atom stereocenters. The summed E-state index contributed by atoms with van der Waals surface area (Å²) in [7, 11) is 2.07. The molecule has 1 heterocycles. The maximum atomic E-state index is 9.31. The highest BCUT2D eigenvalue weighted by Crippen LogP contribution is 2.09. The van der Waals surface area contributed by atoms with Crippen molar-refractivity contribution in [1.82, 2.24) is 9.88 Å². The van der Waals surface area contributed by atoms with Crippen LogP contribution in [-0.4, -0.2) is 41.2 Å². The zero-order valence-corrected chi connectivity index (χ0v) is 10.4. The highest BCUT2D eigenvalue weighted by atomic mass is 16.3. The zero-order chi connectivity index (χ0) is 12.0. The Bertz CT molecular complexity index is 287. The quantitative estimate of drug-likeness (QED) is 0.794. The van der Waals surface area contributed by atoms with E-state index in [2.05, 4.69) is 30.8 Å². The molecule has 0 aromatic carbocycles. The Hall–Kier alpha value is -0.930. The van der Waals surface area contributed by atoms with Crippen LogP contribution >= 0.6 is 0 Å². The van der Waals surface area contributed by atoms with Crippen LogP contribution in [0.4, 0.5) is 0 Å². The van der Waals surface area contributed by atoms with E-state index in [4.69, 9.17) is 0 Å². The maximum Gasteiger partial charge on any atom is 0.0589 e. The number of nitrogens with zero attached hydrogens (tertiary/aromatic N) is 2. The van der Waals surface area contributed by atoms with Crippen LogP contribution in [0.3, 0.4) is 0 Å². The van der Waals surface area contributed by atoms with Crippen molar-refractivity contribution in [3.8, 4) is 0 Å². The third-order valence-corrected chi connectivity index (χ3v) is 3.03. The lowest BCUT2D eigenvalue weighted by molar-refractivity contribution is 0.114. The van der Waals surface area contributed by atoms with E-state index in [1.807, 2.05) is 24.5 Å². The molecular formula is C13H22N2O. The van der Waals surface area contributed by atoms with Gasteiger partial charge in [0.2, 0.25) is 0 Å². The van der Waals surface area contributed by atoms with Crippen molar-refractivity contribution >= 4 is 0 Å². The molecule has 3 nitrogen and oxygen atoms in total. The molecule has 1 aromatic rings. The van der Waals surface area contributed by atoms with Crippen molar-refractivity contribution in [2.24, 2.45) is 5.92 Å². The lowest BCUT2D eigenvalue weighted by Crippen LogP contribution is -2.39. The molecule has 3 heteroatoms. The number of aliphatic hydroxyl groups excluding tert-OH is 1. The first-order chi connectivity index (χ1) is 7.65. The fourth-order valence-corrected chi connectivity index (χ4v) is 1.88. The van der Waals surface area contributed by atoms with Crippen LogP contribution in [0.2, 0.25) is 0 Å². The predicted molar refractivity (Wildman–Crippen MR) is 66.3 cm³/mol. The molecule has 0 spiro atoms. The lowest BCUT2D eigenvalue weighted by Gasteiger charge is -2.29. The Morgan fingerprint density at radius 1 is 1.31 bits per heavy atom. The van der Waals surface area contributed by atoms with Gasteiger partial charge in [0.05, 0.1) is 6.61 Å². The van der Waals surface area contributed by atoms with Gasteiger partial charge in [-0.2, -0.15) is 0 Å². The van der Waals surface area contributed by atoms with Crippen molar-refractivity contribution in [3.05, 3.63) is 30.1 Å². The normalized spacial score (nSPS) is 13.4. The van der Waals surface area contributed by atoms with Gasteiger partial charge in [-0.25, -0.2) is 0 Å². The van der Waals surface area contributed by atoms with Crippen LogP contribution in [0.5, 0.6) is 0 Å². The summed E-state index contributed by atoms with van der Waals surface area (Å²) >= 11 is 0. The van der Waals surface area contributed by atoms with Gasteiger partial charge in [-0.1, -0.05) is 13.8 Å². The van der Waals surface area contributed by atoms with E-state index in [0.29, 0.717) is 5.92 Å². The second-order valence-electron chi connectivity index (χ2n) is 4.58. The Morgan fingerprint density at radius 2 is 1.94 bits per heavy atom. The van der Waals surface area contributed by atoms with Gasteiger partial charge < -0.3 is 10.0 Å².